The molecule has 1 aliphatic heterocycles. The molecule has 130 valence electrons. The molecule has 6 heteroatoms. The van der Waals surface area contributed by atoms with Crippen molar-refractivity contribution in [2.24, 2.45) is 4.99 Å². The summed E-state index contributed by atoms with van der Waals surface area (Å²) in [6.45, 7) is 5.44. The van der Waals surface area contributed by atoms with Crippen molar-refractivity contribution in [1.29, 1.82) is 0 Å². The first-order valence-corrected chi connectivity index (χ1v) is 8.08. The van der Waals surface area contributed by atoms with Gasteiger partial charge in [-0.1, -0.05) is 32.3 Å². The lowest BCUT2D eigenvalue weighted by Crippen LogP contribution is -2.41. The summed E-state index contributed by atoms with van der Waals surface area (Å²) in [4.78, 5) is 4.28. The van der Waals surface area contributed by atoms with Gasteiger partial charge in [0, 0.05) is 19.6 Å². The van der Waals surface area contributed by atoms with Crippen LogP contribution in [0, 0.1) is 0 Å². The first-order valence-electron chi connectivity index (χ1n) is 8.08. The van der Waals surface area contributed by atoms with Crippen LogP contribution in [0.1, 0.15) is 45.1 Å². The van der Waals surface area contributed by atoms with E-state index in [2.05, 4.69) is 29.5 Å². The molecular weight excluding hydrogens is 405 g/mol. The Balaban J connectivity index is 0.00000264. The predicted octanol–water partition coefficient (Wildman–Crippen LogP) is 3.67. The molecule has 1 aromatic carbocycles. The maximum atomic E-state index is 5.40. The van der Waals surface area contributed by atoms with Gasteiger partial charge in [0.25, 0.3) is 0 Å². The van der Waals surface area contributed by atoms with E-state index < -0.39 is 0 Å². The third-order valence-electron chi connectivity index (χ3n) is 3.74. The summed E-state index contributed by atoms with van der Waals surface area (Å²) < 4.78 is 10.7. The van der Waals surface area contributed by atoms with Crippen LogP contribution in [-0.2, 0) is 6.54 Å². The highest BCUT2D eigenvalue weighted by molar-refractivity contribution is 14.0. The second-order valence-corrected chi connectivity index (χ2v) is 5.65. The van der Waals surface area contributed by atoms with Crippen molar-refractivity contribution >= 4 is 29.9 Å². The smallest absolute Gasteiger partial charge is 0.231 e. The number of benzene rings is 1. The molecule has 1 heterocycles. The van der Waals surface area contributed by atoms with Gasteiger partial charge in [-0.25, -0.2) is 0 Å². The van der Waals surface area contributed by atoms with Gasteiger partial charge in [-0.3, -0.25) is 4.99 Å². The molecule has 1 atom stereocenters. The number of ether oxygens (including phenoxy) is 2. The third kappa shape index (κ3) is 6.45. The molecule has 1 aromatic rings. The Kier molecular flexibility index (Phi) is 9.13. The highest BCUT2D eigenvalue weighted by Crippen LogP contribution is 2.32. The lowest BCUT2D eigenvalue weighted by molar-refractivity contribution is 0.174. The molecule has 1 aliphatic rings. The molecule has 0 aromatic heterocycles. The van der Waals surface area contributed by atoms with Gasteiger partial charge in [0.05, 0.1) is 0 Å². The molecule has 2 rings (SSSR count). The monoisotopic (exact) mass is 433 g/mol. The van der Waals surface area contributed by atoms with Gasteiger partial charge in [0.2, 0.25) is 6.79 Å². The summed E-state index contributed by atoms with van der Waals surface area (Å²) in [6, 6.07) is 6.42. The molecule has 0 saturated heterocycles. The van der Waals surface area contributed by atoms with E-state index >= 15 is 0 Å². The van der Waals surface area contributed by atoms with Gasteiger partial charge in [-0.05, 0) is 31.0 Å². The van der Waals surface area contributed by atoms with Crippen molar-refractivity contribution in [3.05, 3.63) is 23.8 Å². The van der Waals surface area contributed by atoms with Crippen molar-refractivity contribution in [1.82, 2.24) is 10.6 Å². The maximum Gasteiger partial charge on any atom is 0.231 e. The molecule has 0 aliphatic carbocycles. The molecule has 0 fully saturated rings. The molecule has 2 N–H and O–H groups in total. The SMILES string of the molecule is CCCCCC(C)NC(=NC)NCc1ccc2c(c1)OCO2.I. The predicted molar refractivity (Wildman–Crippen MR) is 105 cm³/mol. The third-order valence-corrected chi connectivity index (χ3v) is 3.74. The van der Waals surface area contributed by atoms with E-state index in [4.69, 9.17) is 9.47 Å². The van der Waals surface area contributed by atoms with Gasteiger partial charge in [-0.15, -0.1) is 24.0 Å². The molecule has 0 radical (unpaired) electrons. The highest BCUT2D eigenvalue weighted by atomic mass is 127. The normalized spacial score (nSPS) is 14.1. The molecule has 5 nitrogen and oxygen atoms in total. The number of hydrogen-bond acceptors (Lipinski definition) is 3. The number of unbranched alkanes of at least 4 members (excludes halogenated alkanes) is 2. The maximum absolute atomic E-state index is 5.40. The topological polar surface area (TPSA) is 54.9 Å². The van der Waals surface area contributed by atoms with E-state index in [1.807, 2.05) is 18.2 Å². The summed E-state index contributed by atoms with van der Waals surface area (Å²) in [5.74, 6) is 2.47. The van der Waals surface area contributed by atoms with Gasteiger partial charge in [0.1, 0.15) is 0 Å². The number of nitrogens with one attached hydrogen (secondary N) is 2. The molecule has 0 saturated carbocycles. The molecule has 1 unspecified atom stereocenters. The average molecular weight is 433 g/mol. The standard InChI is InChI=1S/C17H27N3O2.HI/c1-4-5-6-7-13(2)20-17(18-3)19-11-14-8-9-15-16(10-14)22-12-21-15;/h8-10,13H,4-7,11-12H2,1-3H3,(H2,18,19,20);1H. The Morgan fingerprint density at radius 2 is 2.04 bits per heavy atom. The Hall–Kier alpha value is -1.18. The fourth-order valence-electron chi connectivity index (χ4n) is 2.44. The van der Waals surface area contributed by atoms with Crippen LogP contribution in [0.4, 0.5) is 0 Å². The lowest BCUT2D eigenvalue weighted by Gasteiger charge is -2.18. The number of nitrogens with zero attached hydrogens (tertiary/aromatic N) is 1. The number of fused-ring (bicyclic) bond motifs is 1. The minimum Gasteiger partial charge on any atom is -0.454 e. The van der Waals surface area contributed by atoms with Crippen LogP contribution >= 0.6 is 24.0 Å². The summed E-state index contributed by atoms with van der Waals surface area (Å²) in [5, 5.41) is 6.77. The van der Waals surface area contributed by atoms with Crippen molar-refractivity contribution in [2.75, 3.05) is 13.8 Å². The average Bonchev–Trinajstić information content (AvgIpc) is 2.99. The molecule has 0 amide bonds. The summed E-state index contributed by atoms with van der Waals surface area (Å²) in [6.07, 6.45) is 4.96. The Morgan fingerprint density at radius 1 is 1.26 bits per heavy atom. The summed E-state index contributed by atoms with van der Waals surface area (Å²) in [7, 11) is 1.80. The van der Waals surface area contributed by atoms with Crippen LogP contribution < -0.4 is 20.1 Å². The molecule has 23 heavy (non-hydrogen) atoms. The number of hydrogen-bond donors (Lipinski definition) is 2. The molecule has 0 bridgehead atoms. The molecule has 0 spiro atoms. The fourth-order valence-corrected chi connectivity index (χ4v) is 2.44. The van der Waals surface area contributed by atoms with Crippen molar-refractivity contribution < 1.29 is 9.47 Å². The fraction of sp³-hybridized carbons (Fsp3) is 0.588. The van der Waals surface area contributed by atoms with Crippen LogP contribution in [-0.4, -0.2) is 25.8 Å². The van der Waals surface area contributed by atoms with E-state index in [0.717, 1.165) is 23.0 Å². The van der Waals surface area contributed by atoms with Crippen molar-refractivity contribution in [3.8, 4) is 11.5 Å². The van der Waals surface area contributed by atoms with E-state index in [-0.39, 0.29) is 24.0 Å². The largest absolute Gasteiger partial charge is 0.454 e. The minimum absolute atomic E-state index is 0. The van der Waals surface area contributed by atoms with Crippen molar-refractivity contribution in [2.45, 2.75) is 52.1 Å². The Bertz CT molecular complexity index is 509. The van der Waals surface area contributed by atoms with Crippen LogP contribution in [0.25, 0.3) is 0 Å². The van der Waals surface area contributed by atoms with Gasteiger partial charge < -0.3 is 20.1 Å². The molecular formula is C17H28IN3O2. The van der Waals surface area contributed by atoms with Crippen LogP contribution in [0.5, 0.6) is 11.5 Å². The zero-order chi connectivity index (χ0) is 15.8. The van der Waals surface area contributed by atoms with Gasteiger partial charge >= 0.3 is 0 Å². The zero-order valence-corrected chi connectivity index (χ0v) is 16.6. The van der Waals surface area contributed by atoms with Gasteiger partial charge in [0.15, 0.2) is 17.5 Å². The van der Waals surface area contributed by atoms with Gasteiger partial charge in [-0.2, -0.15) is 0 Å². The minimum atomic E-state index is 0. The van der Waals surface area contributed by atoms with E-state index in [1.165, 1.54) is 25.7 Å². The summed E-state index contributed by atoms with van der Waals surface area (Å²) in [5.41, 5.74) is 1.14. The number of halogens is 1. The Labute approximate surface area is 156 Å². The van der Waals surface area contributed by atoms with Crippen LogP contribution in [0.15, 0.2) is 23.2 Å². The second-order valence-electron chi connectivity index (χ2n) is 5.65. The lowest BCUT2D eigenvalue weighted by atomic mass is 10.1. The number of aliphatic imine (C=N–C) groups is 1. The summed E-state index contributed by atoms with van der Waals surface area (Å²) >= 11 is 0. The number of guanidine groups is 1. The van der Waals surface area contributed by atoms with E-state index in [9.17, 15) is 0 Å². The number of rotatable bonds is 7. The first kappa shape index (κ1) is 19.9. The van der Waals surface area contributed by atoms with Crippen LogP contribution in [0.3, 0.4) is 0 Å². The Morgan fingerprint density at radius 3 is 2.78 bits per heavy atom. The van der Waals surface area contributed by atoms with Crippen molar-refractivity contribution in [3.63, 3.8) is 0 Å². The second kappa shape index (κ2) is 10.6. The first-order chi connectivity index (χ1) is 10.7. The van der Waals surface area contributed by atoms with E-state index in [0.29, 0.717) is 19.4 Å². The quantitative estimate of drug-likeness (QED) is 0.298. The van der Waals surface area contributed by atoms with Crippen LogP contribution in [0.2, 0.25) is 0 Å². The van der Waals surface area contributed by atoms with E-state index in [1.54, 1.807) is 7.05 Å². The zero-order valence-electron chi connectivity index (χ0n) is 14.2. The highest BCUT2D eigenvalue weighted by Gasteiger charge is 2.13.